The maximum atomic E-state index is 10.7. The Kier molecular flexibility index (Phi) is 4.33. The highest BCUT2D eigenvalue weighted by molar-refractivity contribution is 5.87. The Hall–Kier alpha value is -1.39. The number of piperidine rings is 1. The zero-order valence-corrected chi connectivity index (χ0v) is 10.5. The number of carboxylic acid groups (broad SMARTS) is 1. The quantitative estimate of drug-likeness (QED) is 0.844. The zero-order valence-electron chi connectivity index (χ0n) is 10.5. The maximum absolute atomic E-state index is 10.7. The fourth-order valence-electron chi connectivity index (χ4n) is 2.28. The van der Waals surface area contributed by atoms with E-state index in [1.807, 2.05) is 12.1 Å². The lowest BCUT2D eigenvalue weighted by Crippen LogP contribution is -2.40. The van der Waals surface area contributed by atoms with E-state index in [0.717, 1.165) is 38.9 Å². The molecule has 0 spiro atoms. The molecule has 1 aromatic rings. The molecule has 2 rings (SSSR count). The molecule has 0 atom stereocenters. The van der Waals surface area contributed by atoms with Crippen molar-refractivity contribution in [1.82, 2.24) is 4.90 Å². The number of aromatic carboxylic acids is 1. The summed E-state index contributed by atoms with van der Waals surface area (Å²) < 4.78 is 0. The highest BCUT2D eigenvalue weighted by Crippen LogP contribution is 2.10. The average molecular weight is 248 g/mol. The fourth-order valence-corrected chi connectivity index (χ4v) is 2.28. The minimum atomic E-state index is -0.869. The fraction of sp³-hybridized carbons (Fsp3) is 0.500. The standard InChI is InChI=1S/C14H20N2O2/c15-13-6-9-16(10-7-13)8-5-11-1-3-12(4-2-11)14(17)18/h1-4,13H,5-10,15H2,(H,17,18). The number of carboxylic acids is 1. The van der Waals surface area contributed by atoms with E-state index in [1.54, 1.807) is 12.1 Å². The van der Waals surface area contributed by atoms with Crippen LogP contribution in [0.5, 0.6) is 0 Å². The molecule has 4 nitrogen and oxygen atoms in total. The highest BCUT2D eigenvalue weighted by atomic mass is 16.4. The molecule has 1 aliphatic heterocycles. The van der Waals surface area contributed by atoms with Gasteiger partial charge in [-0.25, -0.2) is 4.79 Å². The predicted octanol–water partition coefficient (Wildman–Crippen LogP) is 1.35. The SMILES string of the molecule is NC1CCN(CCc2ccc(C(=O)O)cc2)CC1. The Morgan fingerprint density at radius 1 is 1.28 bits per heavy atom. The van der Waals surface area contributed by atoms with E-state index in [1.165, 1.54) is 5.56 Å². The molecule has 0 unspecified atom stereocenters. The maximum Gasteiger partial charge on any atom is 0.335 e. The molecule has 0 bridgehead atoms. The van der Waals surface area contributed by atoms with Gasteiger partial charge >= 0.3 is 5.97 Å². The van der Waals surface area contributed by atoms with Crippen molar-refractivity contribution < 1.29 is 9.90 Å². The second-order valence-electron chi connectivity index (χ2n) is 4.93. The summed E-state index contributed by atoms with van der Waals surface area (Å²) in [5, 5.41) is 8.81. The summed E-state index contributed by atoms with van der Waals surface area (Å²) >= 11 is 0. The van der Waals surface area contributed by atoms with Gasteiger partial charge in [0.1, 0.15) is 0 Å². The number of hydrogen-bond acceptors (Lipinski definition) is 3. The van der Waals surface area contributed by atoms with Crippen LogP contribution in [0.25, 0.3) is 0 Å². The third-order valence-electron chi connectivity index (χ3n) is 3.55. The Labute approximate surface area is 107 Å². The van der Waals surface area contributed by atoms with Gasteiger partial charge < -0.3 is 15.7 Å². The Morgan fingerprint density at radius 3 is 2.44 bits per heavy atom. The summed E-state index contributed by atoms with van der Waals surface area (Å²) in [6.45, 7) is 3.18. The van der Waals surface area contributed by atoms with Crippen molar-refractivity contribution in [2.24, 2.45) is 5.73 Å². The van der Waals surface area contributed by atoms with Crippen LogP contribution in [0.3, 0.4) is 0 Å². The van der Waals surface area contributed by atoms with E-state index >= 15 is 0 Å². The molecule has 0 amide bonds. The number of nitrogens with two attached hydrogens (primary N) is 1. The van der Waals surface area contributed by atoms with Gasteiger partial charge in [0.2, 0.25) is 0 Å². The lowest BCUT2D eigenvalue weighted by Gasteiger charge is -2.29. The molecule has 1 saturated heterocycles. The van der Waals surface area contributed by atoms with Gasteiger partial charge in [-0.2, -0.15) is 0 Å². The molecule has 0 aromatic heterocycles. The largest absolute Gasteiger partial charge is 0.478 e. The molecule has 0 radical (unpaired) electrons. The van der Waals surface area contributed by atoms with Gasteiger partial charge in [0.05, 0.1) is 5.56 Å². The molecule has 0 aliphatic carbocycles. The van der Waals surface area contributed by atoms with E-state index in [9.17, 15) is 4.79 Å². The molecular weight excluding hydrogens is 228 g/mol. The first-order valence-corrected chi connectivity index (χ1v) is 6.45. The second-order valence-corrected chi connectivity index (χ2v) is 4.93. The van der Waals surface area contributed by atoms with Gasteiger partial charge in [0, 0.05) is 12.6 Å². The Bertz CT molecular complexity index is 395. The molecule has 4 heteroatoms. The van der Waals surface area contributed by atoms with Gasteiger partial charge in [0.15, 0.2) is 0 Å². The number of carbonyl (C=O) groups is 1. The number of benzene rings is 1. The Morgan fingerprint density at radius 2 is 1.89 bits per heavy atom. The zero-order chi connectivity index (χ0) is 13.0. The first-order chi connectivity index (χ1) is 8.65. The van der Waals surface area contributed by atoms with E-state index < -0.39 is 5.97 Å². The molecule has 1 aromatic carbocycles. The highest BCUT2D eigenvalue weighted by Gasteiger charge is 2.15. The van der Waals surface area contributed by atoms with E-state index in [2.05, 4.69) is 4.90 Å². The summed E-state index contributed by atoms with van der Waals surface area (Å²) in [6, 6.07) is 7.52. The lowest BCUT2D eigenvalue weighted by molar-refractivity contribution is 0.0697. The summed E-state index contributed by atoms with van der Waals surface area (Å²) in [5.74, 6) is -0.869. The van der Waals surface area contributed by atoms with Crippen LogP contribution < -0.4 is 5.73 Å². The van der Waals surface area contributed by atoms with Crippen molar-refractivity contribution in [2.75, 3.05) is 19.6 Å². The van der Waals surface area contributed by atoms with Gasteiger partial charge in [0.25, 0.3) is 0 Å². The van der Waals surface area contributed by atoms with E-state index in [-0.39, 0.29) is 0 Å². The van der Waals surface area contributed by atoms with E-state index in [4.69, 9.17) is 10.8 Å². The molecule has 18 heavy (non-hydrogen) atoms. The second kappa shape index (κ2) is 5.98. The number of rotatable bonds is 4. The third-order valence-corrected chi connectivity index (χ3v) is 3.55. The van der Waals surface area contributed by atoms with Crippen molar-refractivity contribution >= 4 is 5.97 Å². The smallest absolute Gasteiger partial charge is 0.335 e. The summed E-state index contributed by atoms with van der Waals surface area (Å²) in [7, 11) is 0. The topological polar surface area (TPSA) is 66.6 Å². The molecule has 3 N–H and O–H groups in total. The van der Waals surface area contributed by atoms with Crippen molar-refractivity contribution in [3.8, 4) is 0 Å². The van der Waals surface area contributed by atoms with Gasteiger partial charge in [-0.1, -0.05) is 12.1 Å². The Balaban J connectivity index is 1.81. The summed E-state index contributed by atoms with van der Waals surface area (Å²) in [5.41, 5.74) is 7.41. The number of nitrogens with zero attached hydrogens (tertiary/aromatic N) is 1. The first-order valence-electron chi connectivity index (χ1n) is 6.45. The number of hydrogen-bond donors (Lipinski definition) is 2. The van der Waals surface area contributed by atoms with Crippen LogP contribution in [-0.2, 0) is 6.42 Å². The van der Waals surface area contributed by atoms with Crippen molar-refractivity contribution in [3.63, 3.8) is 0 Å². The van der Waals surface area contributed by atoms with Gasteiger partial charge in [-0.05, 0) is 50.0 Å². The molecule has 1 fully saturated rings. The average Bonchev–Trinajstić information content (AvgIpc) is 2.38. The van der Waals surface area contributed by atoms with Crippen LogP contribution in [0.2, 0.25) is 0 Å². The van der Waals surface area contributed by atoms with Crippen LogP contribution in [0.1, 0.15) is 28.8 Å². The third kappa shape index (κ3) is 3.55. The predicted molar refractivity (Wildman–Crippen MR) is 70.8 cm³/mol. The molecular formula is C14H20N2O2. The van der Waals surface area contributed by atoms with Crippen molar-refractivity contribution in [2.45, 2.75) is 25.3 Å². The molecule has 1 aliphatic rings. The van der Waals surface area contributed by atoms with Crippen LogP contribution in [-0.4, -0.2) is 41.7 Å². The van der Waals surface area contributed by atoms with Crippen molar-refractivity contribution in [1.29, 1.82) is 0 Å². The normalized spacial score (nSPS) is 17.8. The monoisotopic (exact) mass is 248 g/mol. The van der Waals surface area contributed by atoms with Crippen LogP contribution in [0.15, 0.2) is 24.3 Å². The summed E-state index contributed by atoms with van der Waals surface area (Å²) in [4.78, 5) is 13.2. The minimum Gasteiger partial charge on any atom is -0.478 e. The molecule has 98 valence electrons. The minimum absolute atomic E-state index is 0.350. The van der Waals surface area contributed by atoms with Crippen LogP contribution in [0.4, 0.5) is 0 Å². The van der Waals surface area contributed by atoms with Gasteiger partial charge in [-0.3, -0.25) is 0 Å². The van der Waals surface area contributed by atoms with E-state index in [0.29, 0.717) is 11.6 Å². The first kappa shape index (κ1) is 13.1. The van der Waals surface area contributed by atoms with Crippen LogP contribution in [0, 0.1) is 0 Å². The molecule has 0 saturated carbocycles. The number of likely N-dealkylation sites (tertiary alicyclic amines) is 1. The van der Waals surface area contributed by atoms with Crippen LogP contribution >= 0.6 is 0 Å². The van der Waals surface area contributed by atoms with Gasteiger partial charge in [-0.15, -0.1) is 0 Å². The molecule has 1 heterocycles. The lowest BCUT2D eigenvalue weighted by atomic mass is 10.0. The summed E-state index contributed by atoms with van der Waals surface area (Å²) in [6.07, 6.45) is 3.13. The van der Waals surface area contributed by atoms with Crippen molar-refractivity contribution in [3.05, 3.63) is 35.4 Å².